The van der Waals surface area contributed by atoms with Gasteiger partial charge in [-0.1, -0.05) is 59.6 Å². The van der Waals surface area contributed by atoms with Crippen LogP contribution in [0, 0.1) is 0 Å². The highest BCUT2D eigenvalue weighted by molar-refractivity contribution is 6.36. The van der Waals surface area contributed by atoms with Gasteiger partial charge in [0.15, 0.2) is 0 Å². The molecule has 3 aromatic carbocycles. The highest BCUT2D eigenvalue weighted by Crippen LogP contribution is 2.24. The molecule has 0 aliphatic carbocycles. The van der Waals surface area contributed by atoms with E-state index in [-0.39, 0.29) is 17.9 Å². The van der Waals surface area contributed by atoms with Crippen LogP contribution >= 0.6 is 23.2 Å². The molecule has 6 heteroatoms. The molecule has 148 valence electrons. The first kappa shape index (κ1) is 19.7. The van der Waals surface area contributed by atoms with Crippen molar-refractivity contribution in [1.29, 1.82) is 0 Å². The maximum absolute atomic E-state index is 12.8. The summed E-state index contributed by atoms with van der Waals surface area (Å²) in [4.78, 5) is 27.3. The van der Waals surface area contributed by atoms with Crippen LogP contribution in [0.5, 0.6) is 0 Å². The van der Waals surface area contributed by atoms with E-state index in [0.29, 0.717) is 47.1 Å². The maximum Gasteiger partial charge on any atom is 0.255 e. The van der Waals surface area contributed by atoms with E-state index in [1.807, 2.05) is 42.5 Å². The van der Waals surface area contributed by atoms with Crippen molar-refractivity contribution in [1.82, 2.24) is 10.2 Å². The van der Waals surface area contributed by atoms with Gasteiger partial charge >= 0.3 is 0 Å². The van der Waals surface area contributed by atoms with Gasteiger partial charge in [0.05, 0.1) is 10.6 Å². The number of hydrogen-bond donors (Lipinski definition) is 1. The van der Waals surface area contributed by atoms with Crippen molar-refractivity contribution < 1.29 is 9.59 Å². The highest BCUT2D eigenvalue weighted by Gasteiger charge is 2.26. The molecule has 2 amide bonds. The number of halogens is 2. The summed E-state index contributed by atoms with van der Waals surface area (Å²) in [5.41, 5.74) is 1.13. The van der Waals surface area contributed by atoms with Gasteiger partial charge in [-0.25, -0.2) is 0 Å². The van der Waals surface area contributed by atoms with Gasteiger partial charge in [0.2, 0.25) is 0 Å². The van der Waals surface area contributed by atoms with Crippen molar-refractivity contribution in [2.45, 2.75) is 18.9 Å². The summed E-state index contributed by atoms with van der Waals surface area (Å²) < 4.78 is 0. The molecule has 0 spiro atoms. The van der Waals surface area contributed by atoms with E-state index in [1.165, 1.54) is 0 Å². The minimum absolute atomic E-state index is 0.0335. The first-order valence-electron chi connectivity index (χ1n) is 9.56. The minimum Gasteiger partial charge on any atom is -0.349 e. The van der Waals surface area contributed by atoms with Gasteiger partial charge in [0.1, 0.15) is 0 Å². The monoisotopic (exact) mass is 426 g/mol. The average Bonchev–Trinajstić information content (AvgIpc) is 2.73. The Morgan fingerprint density at radius 3 is 2.38 bits per heavy atom. The molecule has 1 N–H and O–H groups in total. The number of rotatable bonds is 3. The Morgan fingerprint density at radius 2 is 1.62 bits per heavy atom. The van der Waals surface area contributed by atoms with Crippen molar-refractivity contribution in [3.05, 3.63) is 81.8 Å². The van der Waals surface area contributed by atoms with Gasteiger partial charge in [0, 0.05) is 29.7 Å². The summed E-state index contributed by atoms with van der Waals surface area (Å²) in [7, 11) is 0. The van der Waals surface area contributed by atoms with E-state index in [4.69, 9.17) is 23.2 Å². The second-order valence-electron chi connectivity index (χ2n) is 7.19. The van der Waals surface area contributed by atoms with Crippen LogP contribution in [-0.2, 0) is 0 Å². The Hall–Kier alpha value is -2.56. The molecule has 29 heavy (non-hydrogen) atoms. The Kier molecular flexibility index (Phi) is 5.74. The molecule has 4 nitrogen and oxygen atoms in total. The molecule has 0 saturated carbocycles. The third kappa shape index (κ3) is 4.24. The molecular formula is C23H20Cl2N2O2. The van der Waals surface area contributed by atoms with Crippen LogP contribution in [0.2, 0.25) is 10.0 Å². The number of fused-ring (bicyclic) bond motifs is 1. The number of carbonyl (C=O) groups excluding carboxylic acids is 2. The number of piperidine rings is 1. The summed E-state index contributed by atoms with van der Waals surface area (Å²) >= 11 is 12.1. The number of nitrogens with zero attached hydrogens (tertiary/aromatic N) is 1. The van der Waals surface area contributed by atoms with Crippen LogP contribution in [0.1, 0.15) is 33.6 Å². The lowest BCUT2D eigenvalue weighted by atomic mass is 10.0. The van der Waals surface area contributed by atoms with E-state index in [1.54, 1.807) is 23.1 Å². The zero-order chi connectivity index (χ0) is 20.4. The van der Waals surface area contributed by atoms with Gasteiger partial charge in [-0.05, 0) is 47.9 Å². The molecule has 0 atom stereocenters. The van der Waals surface area contributed by atoms with E-state index in [9.17, 15) is 9.59 Å². The lowest BCUT2D eigenvalue weighted by Crippen LogP contribution is -2.46. The second-order valence-corrected chi connectivity index (χ2v) is 8.03. The second kappa shape index (κ2) is 8.44. The predicted octanol–water partition coefficient (Wildman–Crippen LogP) is 5.18. The average molecular weight is 427 g/mol. The van der Waals surface area contributed by atoms with Crippen LogP contribution in [-0.4, -0.2) is 35.8 Å². The molecule has 1 heterocycles. The summed E-state index contributed by atoms with van der Waals surface area (Å²) in [5.74, 6) is -0.183. The minimum atomic E-state index is -0.106. The van der Waals surface area contributed by atoms with Crippen LogP contribution in [0.3, 0.4) is 0 Å². The number of likely N-dealkylation sites (tertiary alicyclic amines) is 1. The highest BCUT2D eigenvalue weighted by atomic mass is 35.5. The van der Waals surface area contributed by atoms with Crippen molar-refractivity contribution in [2.75, 3.05) is 13.1 Å². The Bertz CT molecular complexity index is 1070. The Labute approximate surface area is 179 Å². The van der Waals surface area contributed by atoms with Gasteiger partial charge in [0.25, 0.3) is 11.8 Å². The standard InChI is InChI=1S/C23H20Cl2N2O2/c24-16-8-9-20(21(25)14-16)23(29)27-12-10-17(11-13-27)26-22(28)19-7-3-5-15-4-1-2-6-18(15)19/h1-9,14,17H,10-13H2,(H,26,28). The molecule has 3 aromatic rings. The van der Waals surface area contributed by atoms with Crippen molar-refractivity contribution in [3.63, 3.8) is 0 Å². The number of carbonyl (C=O) groups is 2. The fourth-order valence-corrected chi connectivity index (χ4v) is 4.24. The summed E-state index contributed by atoms with van der Waals surface area (Å²) in [6.07, 6.45) is 1.40. The zero-order valence-electron chi connectivity index (χ0n) is 15.7. The molecule has 0 unspecified atom stereocenters. The quantitative estimate of drug-likeness (QED) is 0.626. The fraction of sp³-hybridized carbons (Fsp3) is 0.217. The predicted molar refractivity (Wildman–Crippen MR) is 117 cm³/mol. The molecule has 1 saturated heterocycles. The topological polar surface area (TPSA) is 49.4 Å². The van der Waals surface area contributed by atoms with E-state index in [0.717, 1.165) is 10.8 Å². The molecule has 0 bridgehead atoms. The van der Waals surface area contributed by atoms with E-state index < -0.39 is 0 Å². The maximum atomic E-state index is 12.8. The zero-order valence-corrected chi connectivity index (χ0v) is 17.2. The SMILES string of the molecule is O=C(NC1CCN(C(=O)c2ccc(Cl)cc2Cl)CC1)c1cccc2ccccc12. The normalized spacial score (nSPS) is 14.8. The molecule has 0 radical (unpaired) electrons. The number of hydrogen-bond acceptors (Lipinski definition) is 2. The number of amides is 2. The largest absolute Gasteiger partial charge is 0.349 e. The van der Waals surface area contributed by atoms with Crippen molar-refractivity contribution in [2.24, 2.45) is 0 Å². The first-order valence-corrected chi connectivity index (χ1v) is 10.3. The lowest BCUT2D eigenvalue weighted by Gasteiger charge is -2.32. The smallest absolute Gasteiger partial charge is 0.255 e. The van der Waals surface area contributed by atoms with Crippen LogP contribution < -0.4 is 5.32 Å². The van der Waals surface area contributed by atoms with Crippen LogP contribution in [0.4, 0.5) is 0 Å². The third-order valence-electron chi connectivity index (χ3n) is 5.31. The van der Waals surface area contributed by atoms with Gasteiger partial charge in [-0.3, -0.25) is 9.59 Å². The van der Waals surface area contributed by atoms with Crippen molar-refractivity contribution >= 4 is 45.8 Å². The Morgan fingerprint density at radius 1 is 0.897 bits per heavy atom. The van der Waals surface area contributed by atoms with Gasteiger partial charge < -0.3 is 10.2 Å². The fourth-order valence-electron chi connectivity index (χ4n) is 3.75. The number of nitrogens with one attached hydrogen (secondary N) is 1. The van der Waals surface area contributed by atoms with Crippen LogP contribution in [0.25, 0.3) is 10.8 Å². The van der Waals surface area contributed by atoms with E-state index >= 15 is 0 Å². The summed E-state index contributed by atoms with van der Waals surface area (Å²) in [6, 6.07) is 18.5. The molecular weight excluding hydrogens is 407 g/mol. The molecule has 4 rings (SSSR count). The Balaban J connectivity index is 1.39. The molecule has 0 aromatic heterocycles. The number of benzene rings is 3. The van der Waals surface area contributed by atoms with Crippen LogP contribution in [0.15, 0.2) is 60.7 Å². The first-order chi connectivity index (χ1) is 14.0. The summed E-state index contributed by atoms with van der Waals surface area (Å²) in [5, 5.41) is 5.97. The summed E-state index contributed by atoms with van der Waals surface area (Å²) in [6.45, 7) is 1.14. The van der Waals surface area contributed by atoms with E-state index in [2.05, 4.69) is 5.32 Å². The van der Waals surface area contributed by atoms with Gasteiger partial charge in [-0.15, -0.1) is 0 Å². The lowest BCUT2D eigenvalue weighted by molar-refractivity contribution is 0.0698. The van der Waals surface area contributed by atoms with Gasteiger partial charge in [-0.2, -0.15) is 0 Å². The van der Waals surface area contributed by atoms with Crippen molar-refractivity contribution in [3.8, 4) is 0 Å². The third-order valence-corrected chi connectivity index (χ3v) is 5.86. The molecule has 1 fully saturated rings. The molecule has 1 aliphatic heterocycles. The molecule has 1 aliphatic rings.